The summed E-state index contributed by atoms with van der Waals surface area (Å²) >= 11 is 0. The van der Waals surface area contributed by atoms with Crippen molar-refractivity contribution in [3.63, 3.8) is 0 Å². The second kappa shape index (κ2) is 7.16. The van der Waals surface area contributed by atoms with Gasteiger partial charge >= 0.3 is 12.2 Å². The van der Waals surface area contributed by atoms with Crippen molar-refractivity contribution in [2.24, 2.45) is 11.3 Å². The minimum absolute atomic E-state index is 0.0165. The van der Waals surface area contributed by atoms with E-state index < -0.39 is 72.4 Å². The SMILES string of the molecule is CC(C)C1O[C@H](C(F)(F)F)CN2c3c(F)cc(C#N)cc3CC3(C(=O)NC(=O)NC3=O)[C@@H]12. The summed E-state index contributed by atoms with van der Waals surface area (Å²) in [6.07, 6.45) is -8.83. The van der Waals surface area contributed by atoms with Gasteiger partial charge in [0.1, 0.15) is 5.82 Å². The average Bonchev–Trinajstić information content (AvgIpc) is 2.69. The largest absolute Gasteiger partial charge is 0.416 e. The third kappa shape index (κ3) is 3.10. The molecule has 1 aromatic carbocycles. The molecule has 3 aliphatic rings. The number of amides is 4. The molecule has 4 amide bonds. The number of carbonyl (C=O) groups excluding carboxylic acids is 3. The van der Waals surface area contributed by atoms with Crippen LogP contribution in [0.5, 0.6) is 0 Å². The minimum Gasteiger partial charge on any atom is -0.361 e. The molecule has 0 saturated carbocycles. The molecule has 32 heavy (non-hydrogen) atoms. The van der Waals surface area contributed by atoms with Crippen molar-refractivity contribution in [1.29, 1.82) is 5.26 Å². The summed E-state index contributed by atoms with van der Waals surface area (Å²) in [5.74, 6) is -3.59. The first-order valence-electron chi connectivity index (χ1n) is 9.78. The predicted octanol–water partition coefficient (Wildman–Crippen LogP) is 1.77. The molecular weight excluding hydrogens is 436 g/mol. The molecule has 0 bridgehead atoms. The van der Waals surface area contributed by atoms with Gasteiger partial charge in [0.05, 0.1) is 36.0 Å². The molecule has 8 nitrogen and oxygen atoms in total. The molecule has 4 rings (SSSR count). The van der Waals surface area contributed by atoms with Crippen molar-refractivity contribution in [2.75, 3.05) is 11.4 Å². The van der Waals surface area contributed by atoms with E-state index in [0.717, 1.165) is 11.0 Å². The van der Waals surface area contributed by atoms with E-state index in [1.165, 1.54) is 6.07 Å². The van der Waals surface area contributed by atoms with Gasteiger partial charge in [0.25, 0.3) is 0 Å². The number of nitrogens with zero attached hydrogens (tertiary/aromatic N) is 2. The molecule has 3 atom stereocenters. The Morgan fingerprint density at radius 3 is 2.38 bits per heavy atom. The van der Waals surface area contributed by atoms with E-state index in [0.29, 0.717) is 0 Å². The van der Waals surface area contributed by atoms with Gasteiger partial charge < -0.3 is 9.64 Å². The lowest BCUT2D eigenvalue weighted by Gasteiger charge is -2.57. The first-order valence-corrected chi connectivity index (χ1v) is 9.78. The standard InChI is InChI=1S/C20H18F4N4O4/c1-8(2)14-15-19(16(29)26-18(31)27-17(19)30)5-10-3-9(6-25)4-11(21)13(10)28(15)7-12(32-14)20(22,23)24/h3-4,8,12,14-15H,5,7H2,1-2H3,(H2,26,27,29,30,31)/t12-,14?,15+/m0/s1. The van der Waals surface area contributed by atoms with Gasteiger partial charge in [-0.2, -0.15) is 18.4 Å². The monoisotopic (exact) mass is 454 g/mol. The summed E-state index contributed by atoms with van der Waals surface area (Å²) in [6.45, 7) is 2.25. The predicted molar refractivity (Wildman–Crippen MR) is 99.6 cm³/mol. The van der Waals surface area contributed by atoms with Crippen LogP contribution in [0.2, 0.25) is 0 Å². The summed E-state index contributed by atoms with van der Waals surface area (Å²) in [6, 6.07) is 1.48. The van der Waals surface area contributed by atoms with Gasteiger partial charge in [-0.25, -0.2) is 9.18 Å². The smallest absolute Gasteiger partial charge is 0.361 e. The fourth-order valence-corrected chi connectivity index (χ4v) is 4.83. The van der Waals surface area contributed by atoms with Gasteiger partial charge in [0.15, 0.2) is 11.5 Å². The maximum absolute atomic E-state index is 15.1. The number of nitrogens with one attached hydrogen (secondary N) is 2. The van der Waals surface area contributed by atoms with Crippen LogP contribution < -0.4 is 15.5 Å². The van der Waals surface area contributed by atoms with Gasteiger partial charge in [0.2, 0.25) is 11.8 Å². The van der Waals surface area contributed by atoms with Crippen molar-refractivity contribution in [2.45, 2.75) is 44.7 Å². The van der Waals surface area contributed by atoms with E-state index in [2.05, 4.69) is 0 Å². The van der Waals surface area contributed by atoms with E-state index in [-0.39, 0.29) is 16.8 Å². The zero-order chi connectivity index (χ0) is 23.6. The molecule has 1 spiro atoms. The summed E-state index contributed by atoms with van der Waals surface area (Å²) in [5, 5.41) is 13.2. The van der Waals surface area contributed by atoms with Crippen molar-refractivity contribution in [3.05, 3.63) is 29.1 Å². The van der Waals surface area contributed by atoms with Gasteiger partial charge in [-0.05, 0) is 23.6 Å². The summed E-state index contributed by atoms with van der Waals surface area (Å²) in [4.78, 5) is 38.9. The number of imide groups is 2. The topological polar surface area (TPSA) is 112 Å². The first kappa shape index (κ1) is 22.0. The third-order valence-corrected chi connectivity index (χ3v) is 6.15. The molecular formula is C20H18F4N4O4. The van der Waals surface area contributed by atoms with Crippen molar-refractivity contribution in [3.8, 4) is 6.07 Å². The zero-order valence-electron chi connectivity index (χ0n) is 16.9. The molecule has 2 saturated heterocycles. The van der Waals surface area contributed by atoms with E-state index in [1.807, 2.05) is 10.6 Å². The van der Waals surface area contributed by atoms with E-state index in [1.54, 1.807) is 19.9 Å². The van der Waals surface area contributed by atoms with Crippen molar-refractivity contribution in [1.82, 2.24) is 10.6 Å². The van der Waals surface area contributed by atoms with Gasteiger partial charge in [-0.3, -0.25) is 20.2 Å². The fraction of sp³-hybridized carbons (Fsp3) is 0.500. The number of hydrogen-bond donors (Lipinski definition) is 2. The first-order chi connectivity index (χ1) is 14.9. The summed E-state index contributed by atoms with van der Waals surface area (Å²) in [5.41, 5.74) is -2.40. The normalized spacial score (nSPS) is 26.9. The maximum Gasteiger partial charge on any atom is 0.416 e. The van der Waals surface area contributed by atoms with Crippen molar-refractivity contribution >= 4 is 23.5 Å². The molecule has 2 fully saturated rings. The Morgan fingerprint density at radius 1 is 1.22 bits per heavy atom. The summed E-state index contributed by atoms with van der Waals surface area (Å²) in [7, 11) is 0. The van der Waals surface area contributed by atoms with Crippen LogP contribution >= 0.6 is 0 Å². The van der Waals surface area contributed by atoms with Gasteiger partial charge in [0, 0.05) is 6.42 Å². The number of barbiturate groups is 1. The van der Waals surface area contributed by atoms with Crippen LogP contribution in [0.15, 0.2) is 12.1 Å². The van der Waals surface area contributed by atoms with Crippen LogP contribution in [0, 0.1) is 28.5 Å². The van der Waals surface area contributed by atoms with Crippen LogP contribution in [0.1, 0.15) is 25.0 Å². The van der Waals surface area contributed by atoms with E-state index in [9.17, 15) is 32.8 Å². The molecule has 0 radical (unpaired) electrons. The lowest BCUT2D eigenvalue weighted by atomic mass is 9.65. The molecule has 1 unspecified atom stereocenters. The molecule has 1 aromatic rings. The highest BCUT2D eigenvalue weighted by Crippen LogP contribution is 2.50. The number of alkyl halides is 3. The van der Waals surface area contributed by atoms with Crippen molar-refractivity contribution < 1.29 is 36.7 Å². The Labute approximate surface area is 179 Å². The zero-order valence-corrected chi connectivity index (χ0v) is 16.9. The second-order valence-electron chi connectivity index (χ2n) is 8.44. The van der Waals surface area contributed by atoms with E-state index in [4.69, 9.17) is 4.74 Å². The number of rotatable bonds is 1. The number of benzene rings is 1. The van der Waals surface area contributed by atoms with Crippen LogP contribution in [-0.4, -0.2) is 48.8 Å². The molecule has 0 aliphatic carbocycles. The molecule has 170 valence electrons. The Morgan fingerprint density at radius 2 is 1.84 bits per heavy atom. The third-order valence-electron chi connectivity index (χ3n) is 6.15. The Kier molecular flexibility index (Phi) is 4.93. The Balaban J connectivity index is 1.99. The van der Waals surface area contributed by atoms with Crippen LogP contribution in [-0.2, 0) is 20.7 Å². The number of morpholine rings is 1. The Hall–Kier alpha value is -3.20. The van der Waals surface area contributed by atoms with Gasteiger partial charge in [-0.1, -0.05) is 13.8 Å². The fourth-order valence-electron chi connectivity index (χ4n) is 4.83. The average molecular weight is 454 g/mol. The minimum atomic E-state index is -4.79. The highest BCUT2D eigenvalue weighted by molar-refractivity contribution is 6.20. The molecule has 2 N–H and O–H groups in total. The lowest BCUT2D eigenvalue weighted by molar-refractivity contribution is -0.250. The number of carbonyl (C=O) groups is 3. The molecule has 0 aromatic heterocycles. The van der Waals surface area contributed by atoms with Crippen LogP contribution in [0.4, 0.5) is 28.0 Å². The number of urea groups is 1. The number of hydrogen-bond acceptors (Lipinski definition) is 6. The quantitative estimate of drug-likeness (QED) is 0.494. The summed E-state index contributed by atoms with van der Waals surface area (Å²) < 4.78 is 61.5. The molecule has 3 heterocycles. The highest BCUT2D eigenvalue weighted by Gasteiger charge is 2.66. The number of anilines is 1. The number of nitriles is 1. The maximum atomic E-state index is 15.1. The number of halogens is 4. The molecule has 12 heteroatoms. The van der Waals surface area contributed by atoms with Crippen LogP contribution in [0.25, 0.3) is 0 Å². The Bertz CT molecular complexity index is 1040. The highest BCUT2D eigenvalue weighted by atomic mass is 19.4. The molecule has 3 aliphatic heterocycles. The van der Waals surface area contributed by atoms with E-state index >= 15 is 4.39 Å². The number of ether oxygens (including phenoxy) is 1. The van der Waals surface area contributed by atoms with Crippen LogP contribution in [0.3, 0.4) is 0 Å². The second-order valence-corrected chi connectivity index (χ2v) is 8.44. The van der Waals surface area contributed by atoms with Gasteiger partial charge in [-0.15, -0.1) is 0 Å². The number of fused-ring (bicyclic) bond motifs is 4. The lowest BCUT2D eigenvalue weighted by Crippen LogP contribution is -2.77.